The number of benzene rings is 18. The maximum atomic E-state index is 5.34. The summed E-state index contributed by atoms with van der Waals surface area (Å²) in [5.74, 6) is 17.5. The van der Waals surface area contributed by atoms with Gasteiger partial charge in [0.2, 0.25) is 0 Å². The van der Waals surface area contributed by atoms with Gasteiger partial charge in [-0.25, -0.2) is 0 Å². The molecule has 3 aliphatic heterocycles. The van der Waals surface area contributed by atoms with E-state index in [4.69, 9.17) is 29.9 Å². The molecule has 0 amide bonds. The molecule has 30 rings (SSSR count). The summed E-state index contributed by atoms with van der Waals surface area (Å²) >= 11 is -8.71. The van der Waals surface area contributed by atoms with E-state index in [0.717, 1.165) is 85.0 Å². The Bertz CT molecular complexity index is 9510. The summed E-state index contributed by atoms with van der Waals surface area (Å²) in [6.45, 7) is 14.2. The number of hydrogen-bond donors (Lipinski definition) is 0. The second-order valence-corrected chi connectivity index (χ2v) is 70.9. The number of fused-ring (bicyclic) bond motifs is 29. The number of para-hydroxylation sites is 3. The van der Waals surface area contributed by atoms with Gasteiger partial charge < -0.3 is 0 Å². The molecule has 0 N–H and O–H groups in total. The SMILES string of the molecule is CC1(C)c2ccccc2-c2c1ccc1c2c2ccccc2n1-c1ccc2[c](c1)[Ge]([CH3])([CH3])[c]1c(-c3ccccc3)nc(-c3ccccc3)nc1-2.CC1(C)c2ccccc2-c2cc3c(cc21)c1ccccc1n3-c1ccc2[c](c1)[Ge]([CH3])([CH3])[c]1c(-c3ccccc3)nc(-c3ccccc3)nc1-2.CC1(C)c2ccccc2-c2ccc3c(c21)c1ccccc1n3-c1ccc2[c](c1)[Ge]([CH3])([CH3])[c]1c(-c3ccccc3)nc(-c3ccccc3)nc1-2. The summed E-state index contributed by atoms with van der Waals surface area (Å²) in [5, 5.41) is 7.93. The molecule has 18 aromatic carbocycles. The Morgan fingerprint density at radius 1 is 0.197 bits per heavy atom. The van der Waals surface area contributed by atoms with Gasteiger partial charge in [0.15, 0.2) is 0 Å². The fraction of sp³-hybridized carbons (Fsp3) is 0.111. The van der Waals surface area contributed by atoms with Crippen molar-refractivity contribution in [2.45, 2.75) is 92.3 Å². The molecule has 0 fully saturated rings. The standard InChI is InChI=1S/3C45H35GeN3/c1-45(2)36-21-13-11-19-31(36)34-27-40-35(26-37(34)45)32-20-12-14-22-39(32)49(40)30-23-24-33-38(25-30)46(3,4)41-42(28-15-7-5-8-16-28)47-44(48-43(33)41)29-17-9-6-10-18-29;1-45(2)35-21-13-11-19-31(35)32-25-26-38-39(40(32)45)34-20-12-14-22-37(34)49(38)30-23-24-33-36(27-30)46(3,4)41-42(28-15-7-5-8-16-28)47-44(48-43(33)41)29-17-9-6-10-18-29;1-45(2)34-21-13-11-19-31(34)39-35(45)25-26-38-40(39)33-20-12-14-22-37(33)49(38)30-23-24-32-36(27-30)46(3,4)41-42(28-15-7-5-8-16-28)47-44(48-43(32)41)29-17-9-6-10-18-29/h3*5-27H,1-4H3. The van der Waals surface area contributed by atoms with Gasteiger partial charge in [-0.05, 0) is 0 Å². The first kappa shape index (κ1) is 88.9. The summed E-state index contributed by atoms with van der Waals surface area (Å²) < 4.78 is 16.0. The van der Waals surface area contributed by atoms with Crippen molar-refractivity contribution in [1.82, 2.24) is 43.6 Å². The Labute approximate surface area is 864 Å². The van der Waals surface area contributed by atoms with Crippen molar-refractivity contribution < 1.29 is 0 Å². The van der Waals surface area contributed by atoms with Gasteiger partial charge >= 0.3 is 872 Å². The van der Waals surface area contributed by atoms with Crippen LogP contribution in [0.1, 0.15) is 74.9 Å². The molecule has 0 radical (unpaired) electrons. The number of nitrogens with zero attached hydrogens (tertiary/aromatic N) is 9. The Hall–Kier alpha value is -15.8. The third kappa shape index (κ3) is 13.2. The fourth-order valence-electron chi connectivity index (χ4n) is 26.5. The van der Waals surface area contributed by atoms with E-state index in [9.17, 15) is 0 Å². The van der Waals surface area contributed by atoms with Crippen LogP contribution in [0.4, 0.5) is 0 Å². The average molecular weight is 2070 g/mol. The van der Waals surface area contributed by atoms with Crippen LogP contribution >= 0.6 is 0 Å². The van der Waals surface area contributed by atoms with Crippen molar-refractivity contribution in [2.75, 3.05) is 0 Å². The van der Waals surface area contributed by atoms with Crippen LogP contribution in [0.25, 0.3) is 218 Å². The molecule has 0 saturated carbocycles. The third-order valence-corrected chi connectivity index (χ3v) is 55.4. The van der Waals surface area contributed by atoms with Crippen LogP contribution < -0.4 is 26.4 Å². The second kappa shape index (κ2) is 32.9. The molecule has 24 aromatic rings. The van der Waals surface area contributed by atoms with Crippen LogP contribution in [0.3, 0.4) is 0 Å². The molecule has 12 heteroatoms. The van der Waals surface area contributed by atoms with Crippen LogP contribution in [-0.2, 0) is 16.2 Å². The van der Waals surface area contributed by atoms with E-state index in [-0.39, 0.29) is 16.2 Å². The molecule has 3 aliphatic carbocycles. The average Bonchev–Trinajstić information content (AvgIpc) is 1.53. The van der Waals surface area contributed by atoms with Gasteiger partial charge in [0.25, 0.3) is 0 Å². The van der Waals surface area contributed by atoms with Gasteiger partial charge in [0.05, 0.1) is 0 Å². The van der Waals surface area contributed by atoms with Crippen LogP contribution in [0.5, 0.6) is 0 Å². The molecule has 0 atom stereocenters. The molecule has 6 aliphatic rings. The van der Waals surface area contributed by atoms with Crippen molar-refractivity contribution in [3.05, 3.63) is 452 Å². The zero-order valence-corrected chi connectivity index (χ0v) is 90.7. The fourth-order valence-corrected chi connectivity index (χ4v) is 46.8. The van der Waals surface area contributed by atoms with Gasteiger partial charge in [0, 0.05) is 0 Å². The van der Waals surface area contributed by atoms with Gasteiger partial charge in [-0.3, -0.25) is 0 Å². The molecular weight excluding hydrogens is 1970 g/mol. The summed E-state index contributed by atoms with van der Waals surface area (Å²) in [5.41, 5.74) is 44.5. The van der Waals surface area contributed by atoms with E-state index < -0.39 is 39.8 Å². The van der Waals surface area contributed by atoms with E-state index >= 15 is 0 Å². The minimum absolute atomic E-state index is 0.0453. The number of rotatable bonds is 9. The van der Waals surface area contributed by atoms with Crippen molar-refractivity contribution in [1.29, 1.82) is 0 Å². The third-order valence-electron chi connectivity index (χ3n) is 33.5. The molecule has 6 aromatic heterocycles. The normalized spacial score (nSPS) is 14.9. The van der Waals surface area contributed by atoms with Crippen LogP contribution in [-0.4, -0.2) is 83.4 Å². The molecule has 702 valence electrons. The predicted molar refractivity (Wildman–Crippen MR) is 621 cm³/mol. The first-order valence-corrected chi connectivity index (χ1v) is 70.4. The molecular formula is C135H105Ge3N9. The van der Waals surface area contributed by atoms with Crippen LogP contribution in [0.2, 0.25) is 34.5 Å². The number of aromatic nitrogens is 9. The van der Waals surface area contributed by atoms with Gasteiger partial charge in [0.1, 0.15) is 0 Å². The summed E-state index contributed by atoms with van der Waals surface area (Å²) in [7, 11) is 0. The zero-order valence-electron chi connectivity index (χ0n) is 84.4. The van der Waals surface area contributed by atoms with E-state index in [0.29, 0.717) is 0 Å². The summed E-state index contributed by atoms with van der Waals surface area (Å²) in [6.07, 6.45) is 0. The Morgan fingerprint density at radius 2 is 0.503 bits per heavy atom. The zero-order chi connectivity index (χ0) is 99.2. The van der Waals surface area contributed by atoms with Crippen molar-refractivity contribution in [3.8, 4) is 152 Å². The van der Waals surface area contributed by atoms with Crippen LogP contribution in [0.15, 0.2) is 419 Å². The van der Waals surface area contributed by atoms with E-state index in [1.807, 2.05) is 18.2 Å². The quantitative estimate of drug-likeness (QED) is 0.134. The molecule has 9 heterocycles. The molecule has 9 nitrogen and oxygen atoms in total. The molecule has 0 unspecified atom stereocenters. The molecule has 147 heavy (non-hydrogen) atoms. The minimum atomic E-state index is -2.90. The Balaban J connectivity index is 0.000000107. The van der Waals surface area contributed by atoms with Gasteiger partial charge in [-0.1, -0.05) is 0 Å². The molecule has 0 bridgehead atoms. The van der Waals surface area contributed by atoms with Gasteiger partial charge in [-0.2, -0.15) is 0 Å². The molecule has 0 spiro atoms. The predicted octanol–water partition coefficient (Wildman–Crippen LogP) is 30.1. The summed E-state index contributed by atoms with van der Waals surface area (Å²) in [6, 6.07) is 153. The first-order valence-electron chi connectivity index (χ1n) is 51.6. The van der Waals surface area contributed by atoms with E-state index in [1.54, 1.807) is 0 Å². The first-order chi connectivity index (χ1) is 71.5. The molecule has 0 saturated heterocycles. The monoisotopic (exact) mass is 2070 g/mol. The van der Waals surface area contributed by atoms with Crippen molar-refractivity contribution in [3.63, 3.8) is 0 Å². The Kier molecular flexibility index (Phi) is 19.9. The van der Waals surface area contributed by atoms with Crippen molar-refractivity contribution >= 4 is 132 Å². The maximum absolute atomic E-state index is 5.34. The Morgan fingerprint density at radius 3 is 0.932 bits per heavy atom. The summed E-state index contributed by atoms with van der Waals surface area (Å²) in [4.78, 5) is 32.0. The topological polar surface area (TPSA) is 92.1 Å². The van der Waals surface area contributed by atoms with E-state index in [1.165, 1.54) is 192 Å². The van der Waals surface area contributed by atoms with E-state index in [2.05, 4.69) is 490 Å². The second-order valence-electron chi connectivity index (χ2n) is 43.9. The van der Waals surface area contributed by atoms with Crippen LogP contribution in [0, 0.1) is 0 Å². The van der Waals surface area contributed by atoms with Gasteiger partial charge in [-0.15, -0.1) is 0 Å². The van der Waals surface area contributed by atoms with Crippen molar-refractivity contribution in [2.24, 2.45) is 0 Å². The number of hydrogen-bond acceptors (Lipinski definition) is 6.